The SMILES string of the molecule is N#C/C=C/CCCCB(O)O. The molecule has 0 atom stereocenters. The van der Waals surface area contributed by atoms with Gasteiger partial charge in [-0.2, -0.15) is 5.26 Å². The normalized spacial score (nSPS) is 9.91. The predicted octanol–water partition coefficient (Wildman–Crippen LogP) is 0.709. The summed E-state index contributed by atoms with van der Waals surface area (Å²) in [6.07, 6.45) is 6.16. The van der Waals surface area contributed by atoms with E-state index in [1.807, 2.05) is 6.07 Å². The summed E-state index contributed by atoms with van der Waals surface area (Å²) in [6.45, 7) is 0. The number of hydrogen-bond donors (Lipinski definition) is 2. The Balaban J connectivity index is 3.04. The Morgan fingerprint density at radius 3 is 2.64 bits per heavy atom. The highest BCUT2D eigenvalue weighted by molar-refractivity contribution is 6.40. The summed E-state index contributed by atoms with van der Waals surface area (Å²) in [6, 6.07) is 1.89. The Bertz CT molecular complexity index is 151. The smallest absolute Gasteiger partial charge is 0.427 e. The molecule has 0 saturated carbocycles. The molecular formula is C7H12BNO2. The van der Waals surface area contributed by atoms with Gasteiger partial charge in [-0.15, -0.1) is 0 Å². The zero-order valence-electron chi connectivity index (χ0n) is 6.40. The van der Waals surface area contributed by atoms with Crippen LogP contribution in [0.25, 0.3) is 0 Å². The Labute approximate surface area is 67.1 Å². The van der Waals surface area contributed by atoms with Crippen molar-refractivity contribution in [2.24, 2.45) is 0 Å². The molecule has 60 valence electrons. The fourth-order valence-corrected chi connectivity index (χ4v) is 0.725. The third-order valence-electron chi connectivity index (χ3n) is 1.28. The maximum Gasteiger partial charge on any atom is 0.451 e. The molecule has 3 nitrogen and oxygen atoms in total. The van der Waals surface area contributed by atoms with Gasteiger partial charge in [-0.3, -0.25) is 0 Å². The van der Waals surface area contributed by atoms with Crippen LogP contribution < -0.4 is 0 Å². The van der Waals surface area contributed by atoms with E-state index in [2.05, 4.69) is 0 Å². The van der Waals surface area contributed by atoms with Crippen molar-refractivity contribution in [1.82, 2.24) is 0 Å². The molecule has 0 aromatic heterocycles. The van der Waals surface area contributed by atoms with Crippen molar-refractivity contribution >= 4 is 7.12 Å². The molecular weight excluding hydrogens is 141 g/mol. The summed E-state index contributed by atoms with van der Waals surface area (Å²) < 4.78 is 0. The molecule has 0 heterocycles. The topological polar surface area (TPSA) is 64.2 Å². The summed E-state index contributed by atoms with van der Waals surface area (Å²) in [7, 11) is -1.19. The van der Waals surface area contributed by atoms with Gasteiger partial charge in [-0.1, -0.05) is 18.9 Å². The van der Waals surface area contributed by atoms with E-state index in [0.29, 0.717) is 6.32 Å². The van der Waals surface area contributed by atoms with Crippen LogP contribution in [-0.4, -0.2) is 17.2 Å². The van der Waals surface area contributed by atoms with Crippen LogP contribution in [0.15, 0.2) is 12.2 Å². The first-order valence-electron chi connectivity index (χ1n) is 3.68. The van der Waals surface area contributed by atoms with Crippen LogP contribution in [0.2, 0.25) is 6.32 Å². The van der Waals surface area contributed by atoms with Crippen molar-refractivity contribution in [3.63, 3.8) is 0 Å². The van der Waals surface area contributed by atoms with E-state index in [0.717, 1.165) is 19.3 Å². The van der Waals surface area contributed by atoms with Gasteiger partial charge < -0.3 is 10.0 Å². The van der Waals surface area contributed by atoms with Gasteiger partial charge in [0.1, 0.15) is 0 Å². The van der Waals surface area contributed by atoms with E-state index in [-0.39, 0.29) is 0 Å². The highest BCUT2D eigenvalue weighted by atomic mass is 16.4. The molecule has 0 aliphatic carbocycles. The standard InChI is InChI=1S/C7H12BNO2/c9-7-5-3-1-2-4-6-8(10)11/h3,5,10-11H,1-2,4,6H2/b5-3+. The molecule has 0 aliphatic rings. The summed E-state index contributed by atoms with van der Waals surface area (Å²) in [5, 5.41) is 25.0. The molecule has 0 radical (unpaired) electrons. The molecule has 2 N–H and O–H groups in total. The van der Waals surface area contributed by atoms with Crippen LogP contribution in [0, 0.1) is 11.3 Å². The number of nitrogens with zero attached hydrogens (tertiary/aromatic N) is 1. The van der Waals surface area contributed by atoms with E-state index >= 15 is 0 Å². The van der Waals surface area contributed by atoms with Crippen LogP contribution >= 0.6 is 0 Å². The lowest BCUT2D eigenvalue weighted by Gasteiger charge is -1.95. The van der Waals surface area contributed by atoms with Gasteiger partial charge in [0.05, 0.1) is 6.07 Å². The molecule has 0 fully saturated rings. The van der Waals surface area contributed by atoms with Gasteiger partial charge in [-0.05, 0) is 12.7 Å². The minimum atomic E-state index is -1.19. The Kier molecular flexibility index (Phi) is 6.80. The summed E-state index contributed by atoms with van der Waals surface area (Å²) >= 11 is 0. The lowest BCUT2D eigenvalue weighted by atomic mass is 9.83. The Hall–Kier alpha value is -0.785. The molecule has 0 aliphatic heterocycles. The Morgan fingerprint density at radius 1 is 1.36 bits per heavy atom. The van der Waals surface area contributed by atoms with Gasteiger partial charge in [0.15, 0.2) is 0 Å². The van der Waals surface area contributed by atoms with Crippen molar-refractivity contribution in [1.29, 1.82) is 5.26 Å². The molecule has 0 bridgehead atoms. The van der Waals surface area contributed by atoms with Crippen molar-refractivity contribution in [3.05, 3.63) is 12.2 Å². The average molecular weight is 153 g/mol. The minimum Gasteiger partial charge on any atom is -0.427 e. The van der Waals surface area contributed by atoms with Crippen LogP contribution in [0.1, 0.15) is 19.3 Å². The maximum absolute atomic E-state index is 8.44. The number of nitriles is 1. The minimum absolute atomic E-state index is 0.417. The van der Waals surface area contributed by atoms with E-state index in [1.54, 1.807) is 6.08 Å². The van der Waals surface area contributed by atoms with E-state index in [4.69, 9.17) is 15.3 Å². The first-order valence-corrected chi connectivity index (χ1v) is 3.68. The summed E-state index contributed by atoms with van der Waals surface area (Å²) in [5.74, 6) is 0. The quantitative estimate of drug-likeness (QED) is 0.347. The van der Waals surface area contributed by atoms with Gasteiger partial charge in [0.2, 0.25) is 0 Å². The molecule has 0 aromatic carbocycles. The second kappa shape index (κ2) is 7.32. The van der Waals surface area contributed by atoms with E-state index in [9.17, 15) is 0 Å². The molecule has 0 saturated heterocycles. The maximum atomic E-state index is 8.44. The van der Waals surface area contributed by atoms with Gasteiger partial charge in [0.25, 0.3) is 0 Å². The second-order valence-electron chi connectivity index (χ2n) is 2.30. The molecule has 11 heavy (non-hydrogen) atoms. The number of unbranched alkanes of at least 4 members (excludes halogenated alkanes) is 2. The zero-order valence-corrected chi connectivity index (χ0v) is 6.40. The first kappa shape index (κ1) is 10.2. The van der Waals surface area contributed by atoms with E-state index < -0.39 is 7.12 Å². The van der Waals surface area contributed by atoms with Gasteiger partial charge in [0, 0.05) is 6.08 Å². The molecule has 4 heteroatoms. The van der Waals surface area contributed by atoms with Crippen LogP contribution in [0.5, 0.6) is 0 Å². The third-order valence-corrected chi connectivity index (χ3v) is 1.28. The fraction of sp³-hybridized carbons (Fsp3) is 0.571. The highest BCUT2D eigenvalue weighted by Gasteiger charge is 2.03. The van der Waals surface area contributed by atoms with Crippen molar-refractivity contribution in [2.75, 3.05) is 0 Å². The van der Waals surface area contributed by atoms with Crippen molar-refractivity contribution in [2.45, 2.75) is 25.6 Å². The fourth-order valence-electron chi connectivity index (χ4n) is 0.725. The van der Waals surface area contributed by atoms with Crippen molar-refractivity contribution in [3.8, 4) is 6.07 Å². The third kappa shape index (κ3) is 9.21. The molecule has 0 unspecified atom stereocenters. The van der Waals surface area contributed by atoms with Gasteiger partial charge in [-0.25, -0.2) is 0 Å². The molecule has 0 spiro atoms. The van der Waals surface area contributed by atoms with E-state index in [1.165, 1.54) is 6.08 Å². The van der Waals surface area contributed by atoms with Gasteiger partial charge >= 0.3 is 7.12 Å². The first-order chi connectivity index (χ1) is 5.27. The predicted molar refractivity (Wildman–Crippen MR) is 43.6 cm³/mol. The highest BCUT2D eigenvalue weighted by Crippen LogP contribution is 2.01. The van der Waals surface area contributed by atoms with Crippen LogP contribution in [0.4, 0.5) is 0 Å². The van der Waals surface area contributed by atoms with Crippen LogP contribution in [-0.2, 0) is 0 Å². The molecule has 0 aromatic rings. The lowest BCUT2D eigenvalue weighted by molar-refractivity contribution is 0.402. The Morgan fingerprint density at radius 2 is 2.09 bits per heavy atom. The average Bonchev–Trinajstić information content (AvgIpc) is 1.96. The second-order valence-corrected chi connectivity index (χ2v) is 2.30. The molecule has 0 rings (SSSR count). The summed E-state index contributed by atoms with van der Waals surface area (Å²) in [5.41, 5.74) is 0. The molecule has 0 amide bonds. The number of hydrogen-bond acceptors (Lipinski definition) is 3. The van der Waals surface area contributed by atoms with Crippen molar-refractivity contribution < 1.29 is 10.0 Å². The monoisotopic (exact) mass is 153 g/mol. The largest absolute Gasteiger partial charge is 0.451 e. The van der Waals surface area contributed by atoms with Crippen LogP contribution in [0.3, 0.4) is 0 Å². The summed E-state index contributed by atoms with van der Waals surface area (Å²) in [4.78, 5) is 0. The number of rotatable bonds is 5. The number of allylic oxidation sites excluding steroid dienone is 2. The lowest BCUT2D eigenvalue weighted by Crippen LogP contribution is -2.09. The zero-order chi connectivity index (χ0) is 8.53.